The van der Waals surface area contributed by atoms with E-state index < -0.39 is 0 Å². The summed E-state index contributed by atoms with van der Waals surface area (Å²) >= 11 is 1.69. The van der Waals surface area contributed by atoms with Crippen LogP contribution in [0.1, 0.15) is 30.7 Å². The van der Waals surface area contributed by atoms with Crippen LogP contribution >= 0.6 is 11.3 Å². The second kappa shape index (κ2) is 5.12. The maximum atomic E-state index is 5.84. The summed E-state index contributed by atoms with van der Waals surface area (Å²) in [6, 6.07) is 0.634. The summed E-state index contributed by atoms with van der Waals surface area (Å²) in [6.45, 7) is 3.72. The first-order valence-electron chi connectivity index (χ1n) is 5.70. The predicted octanol–water partition coefficient (Wildman–Crippen LogP) is 1.78. The standard InChI is InChI=1S/C11H19N3OS/c1-8(12)10-7-13-11(16-10)14(2)9-3-5-15-6-4-9/h7-9H,3-6,12H2,1-2H3. The van der Waals surface area contributed by atoms with E-state index in [1.54, 1.807) is 11.3 Å². The van der Waals surface area contributed by atoms with E-state index in [0.717, 1.165) is 36.1 Å². The molecule has 1 atom stereocenters. The highest BCUT2D eigenvalue weighted by Crippen LogP contribution is 2.28. The average Bonchev–Trinajstić information content (AvgIpc) is 2.78. The third kappa shape index (κ3) is 2.53. The van der Waals surface area contributed by atoms with E-state index in [1.165, 1.54) is 0 Å². The van der Waals surface area contributed by atoms with Crippen molar-refractivity contribution in [3.8, 4) is 0 Å². The molecule has 0 radical (unpaired) electrons. The molecule has 1 unspecified atom stereocenters. The molecule has 1 fully saturated rings. The van der Waals surface area contributed by atoms with Gasteiger partial charge in [0.15, 0.2) is 5.13 Å². The number of ether oxygens (including phenoxy) is 1. The van der Waals surface area contributed by atoms with Crippen LogP contribution in [0.3, 0.4) is 0 Å². The molecule has 2 N–H and O–H groups in total. The molecule has 0 aromatic carbocycles. The number of nitrogens with zero attached hydrogens (tertiary/aromatic N) is 2. The number of hydrogen-bond donors (Lipinski definition) is 1. The van der Waals surface area contributed by atoms with Crippen molar-refractivity contribution >= 4 is 16.5 Å². The average molecular weight is 241 g/mol. The van der Waals surface area contributed by atoms with Crippen molar-refractivity contribution in [2.24, 2.45) is 5.73 Å². The summed E-state index contributed by atoms with van der Waals surface area (Å²) in [7, 11) is 2.11. The van der Waals surface area contributed by atoms with Crippen molar-refractivity contribution in [2.75, 3.05) is 25.2 Å². The Morgan fingerprint density at radius 2 is 2.25 bits per heavy atom. The van der Waals surface area contributed by atoms with E-state index in [2.05, 4.69) is 16.9 Å². The Balaban J connectivity index is 2.04. The van der Waals surface area contributed by atoms with Crippen molar-refractivity contribution in [1.29, 1.82) is 0 Å². The molecule has 16 heavy (non-hydrogen) atoms. The number of anilines is 1. The van der Waals surface area contributed by atoms with Crippen molar-refractivity contribution < 1.29 is 4.74 Å². The Hall–Kier alpha value is -0.650. The summed E-state index contributed by atoms with van der Waals surface area (Å²) < 4.78 is 5.37. The molecule has 0 aliphatic carbocycles. The first kappa shape index (κ1) is 11.8. The molecule has 4 nitrogen and oxygen atoms in total. The van der Waals surface area contributed by atoms with Crippen molar-refractivity contribution in [1.82, 2.24) is 4.98 Å². The van der Waals surface area contributed by atoms with E-state index in [-0.39, 0.29) is 6.04 Å². The highest BCUT2D eigenvalue weighted by Gasteiger charge is 2.21. The summed E-state index contributed by atoms with van der Waals surface area (Å²) in [5, 5.41) is 1.07. The van der Waals surface area contributed by atoms with Crippen LogP contribution in [0.25, 0.3) is 0 Å². The molecule has 0 saturated carbocycles. The van der Waals surface area contributed by atoms with Crippen LogP contribution in [0.5, 0.6) is 0 Å². The molecule has 0 spiro atoms. The van der Waals surface area contributed by atoms with Gasteiger partial charge in [0.25, 0.3) is 0 Å². The maximum Gasteiger partial charge on any atom is 0.185 e. The molecular weight excluding hydrogens is 222 g/mol. The molecule has 2 heterocycles. The zero-order valence-corrected chi connectivity index (χ0v) is 10.7. The molecule has 1 aromatic heterocycles. The fraction of sp³-hybridized carbons (Fsp3) is 0.727. The van der Waals surface area contributed by atoms with Crippen LogP contribution in [-0.4, -0.2) is 31.3 Å². The van der Waals surface area contributed by atoms with Gasteiger partial charge in [0.2, 0.25) is 0 Å². The summed E-state index contributed by atoms with van der Waals surface area (Å²) in [5.74, 6) is 0. The molecule has 1 aromatic rings. The van der Waals surface area contributed by atoms with Crippen LogP contribution in [0.2, 0.25) is 0 Å². The second-order valence-corrected chi connectivity index (χ2v) is 5.33. The third-order valence-corrected chi connectivity index (χ3v) is 4.29. The normalized spacial score (nSPS) is 19.7. The van der Waals surface area contributed by atoms with Crippen LogP contribution in [0.15, 0.2) is 6.20 Å². The van der Waals surface area contributed by atoms with Gasteiger partial charge < -0.3 is 15.4 Å². The summed E-state index contributed by atoms with van der Waals surface area (Å²) in [4.78, 5) is 7.85. The first-order valence-corrected chi connectivity index (χ1v) is 6.52. The lowest BCUT2D eigenvalue weighted by Crippen LogP contribution is -2.36. The quantitative estimate of drug-likeness (QED) is 0.876. The Morgan fingerprint density at radius 3 is 2.81 bits per heavy atom. The molecular formula is C11H19N3OS. The summed E-state index contributed by atoms with van der Waals surface area (Å²) in [6.07, 6.45) is 4.06. The number of aromatic nitrogens is 1. The first-order chi connectivity index (χ1) is 7.68. The van der Waals surface area contributed by atoms with Gasteiger partial charge in [-0.15, -0.1) is 11.3 Å². The fourth-order valence-electron chi connectivity index (χ4n) is 1.88. The van der Waals surface area contributed by atoms with Crippen molar-refractivity contribution in [2.45, 2.75) is 31.8 Å². The minimum atomic E-state index is 0.0781. The highest BCUT2D eigenvalue weighted by molar-refractivity contribution is 7.15. The van der Waals surface area contributed by atoms with Gasteiger partial charge in [0, 0.05) is 43.4 Å². The number of hydrogen-bond acceptors (Lipinski definition) is 5. The SMILES string of the molecule is CC(N)c1cnc(N(C)C2CCOCC2)s1. The summed E-state index contributed by atoms with van der Waals surface area (Å²) in [5.41, 5.74) is 5.84. The van der Waals surface area contributed by atoms with Gasteiger partial charge in [-0.05, 0) is 19.8 Å². The smallest absolute Gasteiger partial charge is 0.185 e. The molecule has 0 bridgehead atoms. The Bertz CT molecular complexity index is 334. The zero-order chi connectivity index (χ0) is 11.5. The lowest BCUT2D eigenvalue weighted by Gasteiger charge is -2.30. The number of nitrogens with two attached hydrogens (primary N) is 1. The molecule has 0 amide bonds. The van der Waals surface area contributed by atoms with E-state index in [4.69, 9.17) is 10.5 Å². The highest BCUT2D eigenvalue weighted by atomic mass is 32.1. The Labute approximate surface area is 100 Å². The molecule has 90 valence electrons. The van der Waals surface area contributed by atoms with E-state index in [9.17, 15) is 0 Å². The van der Waals surface area contributed by atoms with Crippen LogP contribution in [0, 0.1) is 0 Å². The van der Waals surface area contributed by atoms with Crippen LogP contribution < -0.4 is 10.6 Å². The molecule has 1 aliphatic heterocycles. The minimum absolute atomic E-state index is 0.0781. The van der Waals surface area contributed by atoms with Crippen LogP contribution in [0.4, 0.5) is 5.13 Å². The third-order valence-electron chi connectivity index (χ3n) is 3.00. The van der Waals surface area contributed by atoms with Gasteiger partial charge in [-0.2, -0.15) is 0 Å². The van der Waals surface area contributed by atoms with E-state index in [1.807, 2.05) is 13.1 Å². The van der Waals surface area contributed by atoms with Crippen LogP contribution in [-0.2, 0) is 4.74 Å². The predicted molar refractivity (Wildman–Crippen MR) is 67.0 cm³/mol. The minimum Gasteiger partial charge on any atom is -0.381 e. The lowest BCUT2D eigenvalue weighted by molar-refractivity contribution is 0.0855. The number of thiazole rings is 1. The monoisotopic (exact) mass is 241 g/mol. The van der Waals surface area contributed by atoms with Gasteiger partial charge in [-0.1, -0.05) is 0 Å². The van der Waals surface area contributed by atoms with E-state index in [0.29, 0.717) is 6.04 Å². The Kier molecular flexibility index (Phi) is 3.78. The largest absolute Gasteiger partial charge is 0.381 e. The molecule has 1 saturated heterocycles. The second-order valence-electron chi connectivity index (χ2n) is 4.29. The van der Waals surface area contributed by atoms with Gasteiger partial charge in [-0.25, -0.2) is 4.98 Å². The lowest BCUT2D eigenvalue weighted by atomic mass is 10.1. The zero-order valence-electron chi connectivity index (χ0n) is 9.85. The van der Waals surface area contributed by atoms with E-state index >= 15 is 0 Å². The van der Waals surface area contributed by atoms with Gasteiger partial charge >= 0.3 is 0 Å². The van der Waals surface area contributed by atoms with Crippen molar-refractivity contribution in [3.63, 3.8) is 0 Å². The maximum absolute atomic E-state index is 5.84. The topological polar surface area (TPSA) is 51.4 Å². The molecule has 1 aliphatic rings. The van der Waals surface area contributed by atoms with Gasteiger partial charge in [0.1, 0.15) is 0 Å². The Morgan fingerprint density at radius 1 is 1.56 bits per heavy atom. The molecule has 2 rings (SSSR count). The number of rotatable bonds is 3. The fourth-order valence-corrected chi connectivity index (χ4v) is 2.78. The van der Waals surface area contributed by atoms with Gasteiger partial charge in [0.05, 0.1) is 0 Å². The van der Waals surface area contributed by atoms with Crippen molar-refractivity contribution in [3.05, 3.63) is 11.1 Å². The van der Waals surface area contributed by atoms with Gasteiger partial charge in [-0.3, -0.25) is 0 Å². The molecule has 5 heteroatoms.